The Labute approximate surface area is 223 Å². The third kappa shape index (κ3) is 10.00. The molecule has 3 fully saturated rings. The van der Waals surface area contributed by atoms with E-state index >= 15 is 0 Å². The molecule has 7 nitrogen and oxygen atoms in total. The van der Waals surface area contributed by atoms with E-state index in [9.17, 15) is 15.0 Å². The molecule has 0 aromatic rings. The minimum absolute atomic E-state index is 0.172. The Hall–Kier alpha value is -1.43. The second-order valence-electron chi connectivity index (χ2n) is 10.7. The van der Waals surface area contributed by atoms with Gasteiger partial charge in [0, 0.05) is 32.5 Å². The van der Waals surface area contributed by atoms with Crippen molar-refractivity contribution in [2.24, 2.45) is 11.8 Å². The molecule has 1 aliphatic carbocycles. The summed E-state index contributed by atoms with van der Waals surface area (Å²) in [5.41, 5.74) is 0. The van der Waals surface area contributed by atoms with Crippen molar-refractivity contribution in [3.8, 4) is 11.8 Å². The number of rotatable bonds is 14. The molecule has 3 rings (SSSR count). The Kier molecular flexibility index (Phi) is 13.4. The van der Waals surface area contributed by atoms with Gasteiger partial charge in [-0.2, -0.15) is 0 Å². The molecule has 7 heteroatoms. The summed E-state index contributed by atoms with van der Waals surface area (Å²) in [6.45, 7) is 3.28. The van der Waals surface area contributed by atoms with Crippen molar-refractivity contribution in [1.82, 2.24) is 0 Å². The molecule has 2 unspecified atom stereocenters. The SMILES string of the molecule is CCCC#CCCC[C@H]1CC[C@H](O)[C@@H]1CC=CCCC(OC1CCCCO1)(OC1CCCCO1)C(=O)O. The van der Waals surface area contributed by atoms with Gasteiger partial charge >= 0.3 is 5.97 Å². The molecule has 3 aliphatic rings. The first-order valence-corrected chi connectivity index (χ1v) is 14.6. The van der Waals surface area contributed by atoms with Gasteiger partial charge in [-0.3, -0.25) is 0 Å². The van der Waals surface area contributed by atoms with E-state index in [4.69, 9.17) is 18.9 Å². The quantitative estimate of drug-likeness (QED) is 0.127. The first kappa shape index (κ1) is 30.1. The van der Waals surface area contributed by atoms with Crippen LogP contribution in [-0.4, -0.2) is 53.9 Å². The average molecular weight is 521 g/mol. The van der Waals surface area contributed by atoms with Crippen LogP contribution in [0.1, 0.15) is 110 Å². The third-order valence-corrected chi connectivity index (χ3v) is 7.77. The molecule has 2 saturated heterocycles. The lowest BCUT2D eigenvalue weighted by Crippen LogP contribution is -2.51. The number of unbranched alkanes of at least 4 members (excludes halogenated alkanes) is 2. The van der Waals surface area contributed by atoms with Gasteiger partial charge in [0.15, 0.2) is 12.6 Å². The summed E-state index contributed by atoms with van der Waals surface area (Å²) in [7, 11) is 0. The van der Waals surface area contributed by atoms with Crippen molar-refractivity contribution in [2.75, 3.05) is 13.2 Å². The summed E-state index contributed by atoms with van der Waals surface area (Å²) in [6, 6.07) is 0. The molecule has 0 amide bonds. The number of allylic oxidation sites excluding steroid dienone is 2. The maximum absolute atomic E-state index is 12.5. The third-order valence-electron chi connectivity index (χ3n) is 7.77. The topological polar surface area (TPSA) is 94.5 Å². The largest absolute Gasteiger partial charge is 0.477 e. The van der Waals surface area contributed by atoms with E-state index in [0.29, 0.717) is 38.4 Å². The van der Waals surface area contributed by atoms with Gasteiger partial charge < -0.3 is 29.2 Å². The predicted octanol–water partition coefficient (Wildman–Crippen LogP) is 5.94. The van der Waals surface area contributed by atoms with Crippen LogP contribution in [0.15, 0.2) is 12.2 Å². The zero-order valence-corrected chi connectivity index (χ0v) is 22.7. The molecule has 0 aromatic carbocycles. The molecule has 37 heavy (non-hydrogen) atoms. The van der Waals surface area contributed by atoms with Crippen LogP contribution in [0.5, 0.6) is 0 Å². The molecule has 210 valence electrons. The van der Waals surface area contributed by atoms with E-state index in [1.807, 2.05) is 6.08 Å². The van der Waals surface area contributed by atoms with Crippen LogP contribution < -0.4 is 0 Å². The number of aliphatic hydroxyl groups excluding tert-OH is 1. The highest BCUT2D eigenvalue weighted by Crippen LogP contribution is 2.38. The standard InChI is InChI=1S/C30H48O7/c1-2-3-4-5-6-8-15-24-19-20-26(31)25(24)16-9-7-12-21-30(29(32)33,36-27-17-10-13-22-34-27)37-28-18-11-14-23-35-28/h7,9,24-28,31H,2-3,6,8,10-23H2,1H3,(H,32,33)/t24-,25+,26-,27?,28?,30?/m0/s1. The van der Waals surface area contributed by atoms with Crippen LogP contribution in [-0.2, 0) is 23.7 Å². The van der Waals surface area contributed by atoms with E-state index in [1.165, 1.54) is 0 Å². The van der Waals surface area contributed by atoms with Gasteiger partial charge in [-0.05, 0) is 95.3 Å². The fraction of sp³-hybridized carbons (Fsp3) is 0.833. The molecule has 0 aromatic heterocycles. The Balaban J connectivity index is 1.53. The molecular weight excluding hydrogens is 472 g/mol. The van der Waals surface area contributed by atoms with E-state index in [2.05, 4.69) is 24.8 Å². The van der Waals surface area contributed by atoms with E-state index in [-0.39, 0.29) is 18.4 Å². The first-order chi connectivity index (χ1) is 18.0. The van der Waals surface area contributed by atoms with Gasteiger partial charge in [-0.25, -0.2) is 4.79 Å². The van der Waals surface area contributed by atoms with Gasteiger partial charge in [0.2, 0.25) is 0 Å². The normalized spacial score (nSPS) is 30.1. The molecule has 2 heterocycles. The molecule has 0 bridgehead atoms. The monoisotopic (exact) mass is 520 g/mol. The Bertz CT molecular complexity index is 723. The molecule has 0 radical (unpaired) electrons. The minimum Gasteiger partial charge on any atom is -0.477 e. The number of hydrogen-bond donors (Lipinski definition) is 2. The van der Waals surface area contributed by atoms with Crippen LogP contribution in [0.2, 0.25) is 0 Å². The summed E-state index contributed by atoms with van der Waals surface area (Å²) in [5, 5.41) is 20.8. The number of carboxylic acids is 1. The molecule has 0 spiro atoms. The van der Waals surface area contributed by atoms with Crippen LogP contribution in [0, 0.1) is 23.7 Å². The van der Waals surface area contributed by atoms with E-state index in [1.54, 1.807) is 0 Å². The smallest absolute Gasteiger partial charge is 0.364 e. The first-order valence-electron chi connectivity index (χ1n) is 14.6. The van der Waals surface area contributed by atoms with Crippen LogP contribution in [0.25, 0.3) is 0 Å². The fourth-order valence-corrected chi connectivity index (χ4v) is 5.62. The lowest BCUT2D eigenvalue weighted by molar-refractivity contribution is -0.352. The van der Waals surface area contributed by atoms with Crippen LogP contribution in [0.3, 0.4) is 0 Å². The van der Waals surface area contributed by atoms with Crippen molar-refractivity contribution >= 4 is 5.97 Å². The van der Waals surface area contributed by atoms with Gasteiger partial charge in [-0.1, -0.05) is 19.1 Å². The fourth-order valence-electron chi connectivity index (χ4n) is 5.62. The van der Waals surface area contributed by atoms with E-state index in [0.717, 1.165) is 77.0 Å². The summed E-state index contributed by atoms with van der Waals surface area (Å²) in [6.07, 6.45) is 16.3. The summed E-state index contributed by atoms with van der Waals surface area (Å²) >= 11 is 0. The number of aliphatic carboxylic acids is 1. The summed E-state index contributed by atoms with van der Waals surface area (Å²) in [4.78, 5) is 12.5. The van der Waals surface area contributed by atoms with Crippen molar-refractivity contribution < 1.29 is 34.0 Å². The Morgan fingerprint density at radius 3 is 2.24 bits per heavy atom. The highest BCUT2D eigenvalue weighted by molar-refractivity contribution is 5.75. The van der Waals surface area contributed by atoms with Crippen molar-refractivity contribution in [3.63, 3.8) is 0 Å². The molecule has 1 saturated carbocycles. The van der Waals surface area contributed by atoms with Crippen molar-refractivity contribution in [1.29, 1.82) is 0 Å². The van der Waals surface area contributed by atoms with Gasteiger partial charge in [-0.15, -0.1) is 11.8 Å². The molecule has 2 aliphatic heterocycles. The number of aliphatic hydroxyl groups is 1. The second-order valence-corrected chi connectivity index (χ2v) is 10.7. The molecule has 5 atom stereocenters. The molecular formula is C30H48O7. The zero-order chi connectivity index (χ0) is 26.3. The summed E-state index contributed by atoms with van der Waals surface area (Å²) in [5.74, 6) is 4.30. The van der Waals surface area contributed by atoms with Gasteiger partial charge in [0.1, 0.15) is 0 Å². The van der Waals surface area contributed by atoms with Crippen molar-refractivity contribution in [2.45, 2.75) is 134 Å². The summed E-state index contributed by atoms with van der Waals surface area (Å²) < 4.78 is 23.4. The average Bonchev–Trinajstić information content (AvgIpc) is 3.25. The van der Waals surface area contributed by atoms with Crippen LogP contribution >= 0.6 is 0 Å². The highest BCUT2D eigenvalue weighted by Gasteiger charge is 2.46. The Morgan fingerprint density at radius 2 is 1.65 bits per heavy atom. The lowest BCUT2D eigenvalue weighted by Gasteiger charge is -2.37. The number of ether oxygens (including phenoxy) is 4. The second kappa shape index (κ2) is 16.5. The van der Waals surface area contributed by atoms with Crippen molar-refractivity contribution in [3.05, 3.63) is 12.2 Å². The number of hydrogen-bond acceptors (Lipinski definition) is 6. The maximum Gasteiger partial charge on any atom is 0.364 e. The number of carboxylic acid groups (broad SMARTS) is 1. The van der Waals surface area contributed by atoms with E-state index < -0.39 is 24.3 Å². The number of carbonyl (C=O) groups is 1. The highest BCUT2D eigenvalue weighted by atomic mass is 16.8. The Morgan fingerprint density at radius 1 is 0.973 bits per heavy atom. The zero-order valence-electron chi connectivity index (χ0n) is 22.7. The predicted molar refractivity (Wildman–Crippen MR) is 141 cm³/mol. The van der Waals surface area contributed by atoms with Crippen LogP contribution in [0.4, 0.5) is 0 Å². The van der Waals surface area contributed by atoms with Gasteiger partial charge in [0.25, 0.3) is 5.79 Å². The minimum atomic E-state index is -1.80. The molecule has 2 N–H and O–H groups in total. The lowest BCUT2D eigenvalue weighted by atomic mass is 9.87. The van der Waals surface area contributed by atoms with Gasteiger partial charge in [0.05, 0.1) is 6.10 Å². The maximum atomic E-state index is 12.5.